The van der Waals surface area contributed by atoms with E-state index in [4.69, 9.17) is 27.9 Å². The van der Waals surface area contributed by atoms with E-state index in [-0.39, 0.29) is 28.8 Å². The second-order valence-electron chi connectivity index (χ2n) is 7.88. The highest BCUT2D eigenvalue weighted by Gasteiger charge is 2.33. The molecule has 35 heavy (non-hydrogen) atoms. The third-order valence-corrected chi connectivity index (χ3v) is 6.42. The van der Waals surface area contributed by atoms with Crippen molar-refractivity contribution in [2.45, 2.75) is 24.1 Å². The third kappa shape index (κ3) is 5.11. The van der Waals surface area contributed by atoms with E-state index in [9.17, 15) is 18.0 Å². The average molecular weight is 525 g/mol. The molecule has 1 aliphatic rings. The van der Waals surface area contributed by atoms with Gasteiger partial charge in [0, 0.05) is 24.7 Å². The molecule has 2 aromatic carbocycles. The fourth-order valence-corrected chi connectivity index (χ4v) is 4.43. The van der Waals surface area contributed by atoms with E-state index >= 15 is 0 Å². The molecule has 0 bridgehead atoms. The van der Waals surface area contributed by atoms with Gasteiger partial charge in [0.1, 0.15) is 5.75 Å². The van der Waals surface area contributed by atoms with Gasteiger partial charge < -0.3 is 19.9 Å². The molecule has 1 aromatic heterocycles. The number of halogens is 5. The van der Waals surface area contributed by atoms with Crippen LogP contribution in [0.2, 0.25) is 0 Å². The van der Waals surface area contributed by atoms with E-state index in [1.165, 1.54) is 31.4 Å². The van der Waals surface area contributed by atoms with Crippen molar-refractivity contribution in [1.29, 1.82) is 0 Å². The van der Waals surface area contributed by atoms with Gasteiger partial charge in [-0.15, -0.1) is 11.6 Å². The Balaban J connectivity index is 1.61. The molecule has 11 heteroatoms. The van der Waals surface area contributed by atoms with E-state index in [2.05, 4.69) is 15.6 Å². The average Bonchev–Trinajstić information content (AvgIpc) is 3.13. The van der Waals surface area contributed by atoms with Crippen LogP contribution in [0.1, 0.15) is 21.5 Å². The lowest BCUT2D eigenvalue weighted by Gasteiger charge is -2.23. The minimum absolute atomic E-state index is 0.0418. The molecule has 3 aromatic rings. The number of carbonyl (C=O) groups excluding carboxylic acids is 1. The lowest BCUT2D eigenvalue weighted by atomic mass is 10.1. The van der Waals surface area contributed by atoms with Crippen LogP contribution < -0.4 is 15.4 Å². The zero-order chi connectivity index (χ0) is 25.3. The normalized spacial score (nSPS) is 17.9. The predicted molar refractivity (Wildman–Crippen MR) is 130 cm³/mol. The van der Waals surface area contributed by atoms with Gasteiger partial charge in [0.05, 0.1) is 40.7 Å². The Bertz CT molecular complexity index is 1330. The molecule has 1 amide bonds. The number of rotatable bonds is 6. The summed E-state index contributed by atoms with van der Waals surface area (Å²) in [7, 11) is 3.19. The van der Waals surface area contributed by atoms with E-state index in [0.717, 1.165) is 6.07 Å². The molecule has 2 unspecified atom stereocenters. The van der Waals surface area contributed by atoms with Gasteiger partial charge in [-0.05, 0) is 23.8 Å². The maximum atomic E-state index is 13.3. The van der Waals surface area contributed by atoms with Crippen molar-refractivity contribution in [2.75, 3.05) is 12.4 Å². The van der Waals surface area contributed by atoms with Crippen molar-refractivity contribution < 1.29 is 22.7 Å². The lowest BCUT2D eigenvalue weighted by molar-refractivity contribution is -0.138. The monoisotopic (exact) mass is 524 g/mol. The second kappa shape index (κ2) is 9.83. The fourth-order valence-electron chi connectivity index (χ4n) is 3.82. The van der Waals surface area contributed by atoms with Gasteiger partial charge in [0.15, 0.2) is 0 Å². The summed E-state index contributed by atoms with van der Waals surface area (Å²) < 4.78 is 47.0. The van der Waals surface area contributed by atoms with E-state index in [1.807, 2.05) is 0 Å². The van der Waals surface area contributed by atoms with Gasteiger partial charge in [0.25, 0.3) is 5.91 Å². The van der Waals surface area contributed by atoms with Crippen molar-refractivity contribution in [2.24, 2.45) is 7.05 Å². The Morgan fingerprint density at radius 3 is 2.69 bits per heavy atom. The number of hydrogen-bond donors (Lipinski definition) is 2. The molecule has 0 aliphatic heterocycles. The minimum Gasteiger partial charge on any atom is -0.496 e. The van der Waals surface area contributed by atoms with Crippen LogP contribution in [-0.4, -0.2) is 34.0 Å². The zero-order valence-electron chi connectivity index (χ0n) is 18.7. The van der Waals surface area contributed by atoms with Crippen molar-refractivity contribution in [3.8, 4) is 5.75 Å². The number of alkyl halides is 4. The summed E-state index contributed by atoms with van der Waals surface area (Å²) >= 11 is 12.7. The number of ether oxygens (including phenoxy) is 1. The van der Waals surface area contributed by atoms with Crippen molar-refractivity contribution >= 4 is 46.1 Å². The topological polar surface area (TPSA) is 68.2 Å². The van der Waals surface area contributed by atoms with Gasteiger partial charge in [-0.3, -0.25) is 4.79 Å². The van der Waals surface area contributed by atoms with E-state index in [1.54, 1.807) is 35.9 Å². The van der Waals surface area contributed by atoms with Gasteiger partial charge in [-0.2, -0.15) is 13.2 Å². The number of amides is 1. The molecule has 0 saturated heterocycles. The summed E-state index contributed by atoms with van der Waals surface area (Å²) in [4.78, 5) is 17.5. The van der Waals surface area contributed by atoms with Crippen LogP contribution in [0.4, 0.5) is 19.1 Å². The molecule has 0 spiro atoms. The third-order valence-electron chi connectivity index (χ3n) is 5.66. The lowest BCUT2D eigenvalue weighted by Crippen LogP contribution is -2.31. The zero-order valence-corrected chi connectivity index (χ0v) is 20.2. The number of hydrogen-bond acceptors (Lipinski definition) is 4. The molecule has 2 N–H and O–H groups in total. The Labute approximate surface area is 209 Å². The van der Waals surface area contributed by atoms with Crippen LogP contribution in [0.15, 0.2) is 59.7 Å². The number of fused-ring (bicyclic) bond motifs is 1. The molecule has 0 saturated carbocycles. The summed E-state index contributed by atoms with van der Waals surface area (Å²) in [5.74, 6) is 0.128. The number of anilines is 1. The Hall–Kier alpha value is -3.17. The summed E-state index contributed by atoms with van der Waals surface area (Å²) in [6.45, 7) is -0.304. The number of aromatic nitrogens is 2. The highest BCUT2D eigenvalue weighted by molar-refractivity contribution is 6.32. The quantitative estimate of drug-likeness (QED) is 0.411. The van der Waals surface area contributed by atoms with Crippen LogP contribution >= 0.6 is 23.2 Å². The number of methoxy groups -OCH3 is 1. The van der Waals surface area contributed by atoms with Gasteiger partial charge >= 0.3 is 6.18 Å². The van der Waals surface area contributed by atoms with Crippen molar-refractivity contribution in [3.05, 3.63) is 76.3 Å². The first kappa shape index (κ1) is 24.9. The highest BCUT2D eigenvalue weighted by Crippen LogP contribution is 2.33. The molecule has 6 nitrogen and oxygen atoms in total. The summed E-state index contributed by atoms with van der Waals surface area (Å²) in [6.07, 6.45) is 0.790. The summed E-state index contributed by atoms with van der Waals surface area (Å²) in [6, 6.07) is 7.87. The number of nitrogens with zero attached hydrogens (tertiary/aromatic N) is 2. The van der Waals surface area contributed by atoms with Gasteiger partial charge in [-0.1, -0.05) is 42.0 Å². The number of allylic oxidation sites excluding steroid dienone is 2. The molecular weight excluding hydrogens is 504 g/mol. The van der Waals surface area contributed by atoms with Gasteiger partial charge in [-0.25, -0.2) is 4.98 Å². The molecular formula is C24H21Cl2F3N4O2. The molecule has 2 atom stereocenters. The number of nitrogens with one attached hydrogen (secondary N) is 2. The molecule has 4 rings (SSSR count). The Morgan fingerprint density at radius 1 is 1.26 bits per heavy atom. The minimum atomic E-state index is -4.52. The number of benzene rings is 2. The predicted octanol–water partition coefficient (Wildman–Crippen LogP) is 5.61. The van der Waals surface area contributed by atoms with Crippen LogP contribution in [0.3, 0.4) is 0 Å². The molecule has 184 valence electrons. The van der Waals surface area contributed by atoms with Crippen molar-refractivity contribution in [3.63, 3.8) is 0 Å². The highest BCUT2D eigenvalue weighted by atomic mass is 35.5. The summed E-state index contributed by atoms with van der Waals surface area (Å²) in [5, 5.41) is 5.90. The molecule has 0 fully saturated rings. The maximum absolute atomic E-state index is 13.3. The van der Waals surface area contributed by atoms with Crippen LogP contribution in [-0.2, 0) is 19.8 Å². The van der Waals surface area contributed by atoms with Gasteiger partial charge in [0.2, 0.25) is 5.95 Å². The maximum Gasteiger partial charge on any atom is 0.416 e. The van der Waals surface area contributed by atoms with Crippen LogP contribution in [0.25, 0.3) is 11.0 Å². The van der Waals surface area contributed by atoms with Crippen LogP contribution in [0.5, 0.6) is 5.75 Å². The van der Waals surface area contributed by atoms with Crippen molar-refractivity contribution in [1.82, 2.24) is 14.9 Å². The second-order valence-corrected chi connectivity index (χ2v) is 8.82. The standard InChI is InChI=1S/C24H21Cl2F3N4O2/c1-33-19-11-20(35-2)14(22(34)30-12-13-6-3-4-7-15(13)24(27,28)29)10-18(19)31-23(33)32-21-16(25)8-5-9-17(21)26/h3-11,16,21H,12H2,1-2H3,(H,30,34)(H,31,32). The van der Waals surface area contributed by atoms with Crippen LogP contribution in [0, 0.1) is 0 Å². The number of imidazole rings is 1. The first-order chi connectivity index (χ1) is 16.6. The molecule has 0 radical (unpaired) electrons. The van der Waals surface area contributed by atoms with E-state index < -0.39 is 23.7 Å². The Morgan fingerprint density at radius 2 is 2.00 bits per heavy atom. The molecule has 1 aliphatic carbocycles. The molecule has 1 heterocycles. The van der Waals surface area contributed by atoms with E-state index in [0.29, 0.717) is 22.0 Å². The number of aryl methyl sites for hydroxylation is 1. The number of carbonyl (C=O) groups is 1. The Kier molecular flexibility index (Phi) is 7.00. The smallest absolute Gasteiger partial charge is 0.416 e. The fraction of sp³-hybridized carbons (Fsp3) is 0.250. The first-order valence-electron chi connectivity index (χ1n) is 10.5. The largest absolute Gasteiger partial charge is 0.496 e. The summed E-state index contributed by atoms with van der Waals surface area (Å²) in [5.41, 5.74) is 0.448. The SMILES string of the molecule is COc1cc2c(cc1C(=O)NCc1ccccc1C(F)(F)F)nc(NC1C(Cl)=CC=CC1Cl)n2C. The first-order valence-corrected chi connectivity index (χ1v) is 11.3.